The maximum atomic E-state index is 11.2. The molecule has 78 valence electrons. The molecule has 0 aliphatic heterocycles. The van der Waals surface area contributed by atoms with Crippen molar-refractivity contribution < 1.29 is 9.53 Å². The van der Waals surface area contributed by atoms with E-state index in [-0.39, 0.29) is 5.91 Å². The molecule has 0 saturated carbocycles. The molecule has 1 amide bonds. The van der Waals surface area contributed by atoms with Crippen molar-refractivity contribution in [3.05, 3.63) is 16.6 Å². The van der Waals surface area contributed by atoms with Crippen LogP contribution < -0.4 is 5.32 Å². The van der Waals surface area contributed by atoms with Crippen molar-refractivity contribution in [2.45, 2.75) is 12.8 Å². The Morgan fingerprint density at radius 1 is 1.71 bits per heavy atom. The SMILES string of the molecule is COCCNC(=O)CCc1cscn1. The Kier molecular flexibility index (Phi) is 5.17. The molecule has 1 aromatic heterocycles. The third kappa shape index (κ3) is 4.34. The van der Waals surface area contributed by atoms with Crippen LogP contribution in [0.15, 0.2) is 10.9 Å². The average Bonchev–Trinajstić information content (AvgIpc) is 2.68. The number of methoxy groups -OCH3 is 1. The largest absolute Gasteiger partial charge is 0.383 e. The summed E-state index contributed by atoms with van der Waals surface area (Å²) in [5.74, 6) is 0.0510. The fourth-order valence-electron chi connectivity index (χ4n) is 0.984. The molecule has 1 heterocycles. The van der Waals surface area contributed by atoms with Gasteiger partial charge in [0.25, 0.3) is 0 Å². The number of carbonyl (C=O) groups is 1. The molecule has 5 heteroatoms. The molecule has 0 radical (unpaired) electrons. The highest BCUT2D eigenvalue weighted by atomic mass is 32.1. The van der Waals surface area contributed by atoms with E-state index in [9.17, 15) is 4.79 Å². The van der Waals surface area contributed by atoms with Gasteiger partial charge in [0.05, 0.1) is 17.8 Å². The van der Waals surface area contributed by atoms with E-state index in [4.69, 9.17) is 4.74 Å². The first kappa shape index (κ1) is 11.1. The number of ether oxygens (including phenoxy) is 1. The van der Waals surface area contributed by atoms with Gasteiger partial charge in [-0.25, -0.2) is 4.98 Å². The maximum Gasteiger partial charge on any atom is 0.220 e. The smallest absolute Gasteiger partial charge is 0.220 e. The standard InChI is InChI=1S/C9H14N2O2S/c1-13-5-4-10-9(12)3-2-8-6-14-7-11-8/h6-7H,2-5H2,1H3,(H,10,12). The summed E-state index contributed by atoms with van der Waals surface area (Å²) in [6.45, 7) is 1.13. The number of hydrogen-bond acceptors (Lipinski definition) is 4. The van der Waals surface area contributed by atoms with E-state index in [2.05, 4.69) is 10.3 Å². The van der Waals surface area contributed by atoms with E-state index >= 15 is 0 Å². The molecule has 14 heavy (non-hydrogen) atoms. The highest BCUT2D eigenvalue weighted by Crippen LogP contribution is 2.03. The van der Waals surface area contributed by atoms with Crippen LogP contribution >= 0.6 is 11.3 Å². The first-order valence-corrected chi connectivity index (χ1v) is 5.40. The molecule has 0 spiro atoms. The minimum Gasteiger partial charge on any atom is -0.383 e. The zero-order valence-corrected chi connectivity index (χ0v) is 8.97. The van der Waals surface area contributed by atoms with Gasteiger partial charge in [0.15, 0.2) is 0 Å². The second-order valence-corrected chi connectivity index (χ2v) is 3.54. The fraction of sp³-hybridized carbons (Fsp3) is 0.556. The van der Waals surface area contributed by atoms with Crippen LogP contribution in [0, 0.1) is 0 Å². The summed E-state index contributed by atoms with van der Waals surface area (Å²) in [7, 11) is 1.61. The third-order valence-corrected chi connectivity index (χ3v) is 2.36. The summed E-state index contributed by atoms with van der Waals surface area (Å²) in [5, 5.41) is 4.72. The van der Waals surface area contributed by atoms with Gasteiger partial charge in [-0.2, -0.15) is 0 Å². The lowest BCUT2D eigenvalue weighted by atomic mass is 10.2. The van der Waals surface area contributed by atoms with Crippen LogP contribution in [0.4, 0.5) is 0 Å². The number of hydrogen-bond donors (Lipinski definition) is 1. The van der Waals surface area contributed by atoms with E-state index in [1.165, 1.54) is 0 Å². The summed E-state index contributed by atoms with van der Waals surface area (Å²) in [6, 6.07) is 0. The van der Waals surface area contributed by atoms with Crippen molar-refractivity contribution >= 4 is 17.2 Å². The molecule has 0 saturated heterocycles. The van der Waals surface area contributed by atoms with Gasteiger partial charge in [-0.1, -0.05) is 0 Å². The van der Waals surface area contributed by atoms with Crippen molar-refractivity contribution in [1.82, 2.24) is 10.3 Å². The van der Waals surface area contributed by atoms with Crippen LogP contribution in [0.3, 0.4) is 0 Å². The minimum absolute atomic E-state index is 0.0510. The Morgan fingerprint density at radius 2 is 2.57 bits per heavy atom. The first-order chi connectivity index (χ1) is 6.83. The monoisotopic (exact) mass is 214 g/mol. The molecular weight excluding hydrogens is 200 g/mol. The van der Waals surface area contributed by atoms with Crippen LogP contribution in [0.25, 0.3) is 0 Å². The lowest BCUT2D eigenvalue weighted by molar-refractivity contribution is -0.121. The number of nitrogens with zero attached hydrogens (tertiary/aromatic N) is 1. The van der Waals surface area contributed by atoms with Crippen molar-refractivity contribution in [2.75, 3.05) is 20.3 Å². The fourth-order valence-corrected chi connectivity index (χ4v) is 1.58. The van der Waals surface area contributed by atoms with Gasteiger partial charge in [-0.3, -0.25) is 4.79 Å². The predicted molar refractivity (Wildman–Crippen MR) is 55.3 cm³/mol. The highest BCUT2D eigenvalue weighted by Gasteiger charge is 2.02. The number of amides is 1. The Hall–Kier alpha value is -0.940. The second kappa shape index (κ2) is 6.50. The van der Waals surface area contributed by atoms with Crippen molar-refractivity contribution in [3.8, 4) is 0 Å². The Labute approximate surface area is 87.3 Å². The van der Waals surface area contributed by atoms with Gasteiger partial charge in [-0.05, 0) is 6.42 Å². The molecule has 0 aliphatic rings. The van der Waals surface area contributed by atoms with Crippen LogP contribution in [0.5, 0.6) is 0 Å². The number of thiazole rings is 1. The molecule has 0 fully saturated rings. The molecule has 0 atom stereocenters. The number of rotatable bonds is 6. The molecule has 1 aromatic rings. The minimum atomic E-state index is 0.0510. The molecule has 1 N–H and O–H groups in total. The van der Waals surface area contributed by atoms with Gasteiger partial charge in [0.2, 0.25) is 5.91 Å². The van der Waals surface area contributed by atoms with Gasteiger partial charge >= 0.3 is 0 Å². The number of carbonyl (C=O) groups excluding carboxylic acids is 1. The molecule has 0 unspecified atom stereocenters. The topological polar surface area (TPSA) is 51.2 Å². The Morgan fingerprint density at radius 3 is 3.21 bits per heavy atom. The van der Waals surface area contributed by atoms with E-state index in [1.807, 2.05) is 5.38 Å². The molecule has 0 aliphatic carbocycles. The number of aryl methyl sites for hydroxylation is 1. The third-order valence-electron chi connectivity index (χ3n) is 1.72. The van der Waals surface area contributed by atoms with Crippen LogP contribution in [-0.4, -0.2) is 31.2 Å². The molecule has 4 nitrogen and oxygen atoms in total. The quantitative estimate of drug-likeness (QED) is 0.714. The van der Waals surface area contributed by atoms with E-state index < -0.39 is 0 Å². The lowest BCUT2D eigenvalue weighted by Crippen LogP contribution is -2.27. The van der Waals surface area contributed by atoms with Crippen molar-refractivity contribution in [3.63, 3.8) is 0 Å². The van der Waals surface area contributed by atoms with E-state index in [0.717, 1.165) is 5.69 Å². The van der Waals surface area contributed by atoms with Gasteiger partial charge in [0, 0.05) is 25.5 Å². The zero-order valence-electron chi connectivity index (χ0n) is 8.16. The average molecular weight is 214 g/mol. The van der Waals surface area contributed by atoms with Crippen LogP contribution in [-0.2, 0) is 16.0 Å². The lowest BCUT2D eigenvalue weighted by Gasteiger charge is -2.02. The molecule has 1 rings (SSSR count). The van der Waals surface area contributed by atoms with Gasteiger partial charge < -0.3 is 10.1 Å². The summed E-state index contributed by atoms with van der Waals surface area (Å²) in [6.07, 6.45) is 1.20. The van der Waals surface area contributed by atoms with Crippen molar-refractivity contribution in [2.24, 2.45) is 0 Å². The maximum absolute atomic E-state index is 11.2. The number of aromatic nitrogens is 1. The summed E-state index contributed by atoms with van der Waals surface area (Å²) >= 11 is 1.55. The molecule has 0 bridgehead atoms. The van der Waals surface area contributed by atoms with Crippen LogP contribution in [0.1, 0.15) is 12.1 Å². The number of nitrogens with one attached hydrogen (secondary N) is 1. The Balaban J connectivity index is 2.09. The van der Waals surface area contributed by atoms with Gasteiger partial charge in [0.1, 0.15) is 0 Å². The zero-order chi connectivity index (χ0) is 10.2. The van der Waals surface area contributed by atoms with Crippen molar-refractivity contribution in [1.29, 1.82) is 0 Å². The molecule has 0 aromatic carbocycles. The summed E-state index contributed by atoms with van der Waals surface area (Å²) < 4.78 is 4.82. The second-order valence-electron chi connectivity index (χ2n) is 2.82. The first-order valence-electron chi connectivity index (χ1n) is 4.45. The molecular formula is C9H14N2O2S. The van der Waals surface area contributed by atoms with Crippen LogP contribution in [0.2, 0.25) is 0 Å². The Bertz CT molecular complexity index is 262. The summed E-state index contributed by atoms with van der Waals surface area (Å²) in [5.41, 5.74) is 2.76. The predicted octanol–water partition coefficient (Wildman–Crippen LogP) is 0.838. The van der Waals surface area contributed by atoms with Gasteiger partial charge in [-0.15, -0.1) is 11.3 Å². The normalized spacial score (nSPS) is 10.1. The highest BCUT2D eigenvalue weighted by molar-refractivity contribution is 7.07. The van der Waals surface area contributed by atoms with E-state index in [0.29, 0.717) is 26.0 Å². The van der Waals surface area contributed by atoms with E-state index in [1.54, 1.807) is 24.0 Å². The summed E-state index contributed by atoms with van der Waals surface area (Å²) in [4.78, 5) is 15.3.